The SMILES string of the molecule is COC[C@H](C)Nc1ncc2c(-c3cnn(C4CCS(=O)(=O)CC4)c3)cc(C3CCC(O)CC3)n2n1. The predicted octanol–water partition coefficient (Wildman–Crippen LogP) is 2.81. The van der Waals surface area contributed by atoms with E-state index in [1.54, 1.807) is 7.11 Å². The summed E-state index contributed by atoms with van der Waals surface area (Å²) < 4.78 is 32.8. The number of methoxy groups -OCH3 is 1. The third kappa shape index (κ3) is 5.22. The van der Waals surface area contributed by atoms with Crippen LogP contribution in [-0.2, 0) is 14.6 Å². The number of nitrogens with zero attached hydrogens (tertiary/aromatic N) is 5. The van der Waals surface area contributed by atoms with E-state index in [1.165, 1.54) is 0 Å². The summed E-state index contributed by atoms with van der Waals surface area (Å²) in [4.78, 5) is 4.57. The first kappa shape index (κ1) is 24.2. The summed E-state index contributed by atoms with van der Waals surface area (Å²) in [5.74, 6) is 1.27. The van der Waals surface area contributed by atoms with Crippen LogP contribution >= 0.6 is 0 Å². The second kappa shape index (κ2) is 9.87. The molecule has 3 aromatic heterocycles. The quantitative estimate of drug-likeness (QED) is 0.506. The number of hydrogen-bond acceptors (Lipinski definition) is 8. The van der Waals surface area contributed by atoms with Crippen LogP contribution in [0.2, 0.25) is 0 Å². The lowest BCUT2D eigenvalue weighted by Gasteiger charge is -2.25. The molecule has 5 rings (SSSR count). The molecule has 10 nitrogen and oxygen atoms in total. The Morgan fingerprint density at radius 3 is 2.63 bits per heavy atom. The van der Waals surface area contributed by atoms with Crippen molar-refractivity contribution in [3.05, 3.63) is 30.4 Å². The van der Waals surface area contributed by atoms with Crippen LogP contribution in [-0.4, -0.2) is 75.3 Å². The standard InChI is InChI=1S/C24H34N6O4S/c1-16(15-34-2)27-24-25-13-23-21(11-22(30(23)28-24)17-3-5-20(31)6-4-17)18-12-26-29(14-18)19-7-9-35(32,33)10-8-19/h11-14,16-17,19-20,31H,3-10,15H2,1-2H3,(H,27,28)/t16-,17?,20?/m0/s1. The molecule has 0 aromatic carbocycles. The third-order valence-electron chi connectivity index (χ3n) is 7.26. The molecule has 0 radical (unpaired) electrons. The predicted molar refractivity (Wildman–Crippen MR) is 133 cm³/mol. The van der Waals surface area contributed by atoms with Gasteiger partial charge < -0.3 is 15.2 Å². The zero-order chi connectivity index (χ0) is 24.6. The Morgan fingerprint density at radius 1 is 1.17 bits per heavy atom. The van der Waals surface area contributed by atoms with Gasteiger partial charge in [-0.1, -0.05) is 0 Å². The van der Waals surface area contributed by atoms with Crippen LogP contribution in [0.25, 0.3) is 16.6 Å². The van der Waals surface area contributed by atoms with Crippen LogP contribution in [0.3, 0.4) is 0 Å². The minimum Gasteiger partial charge on any atom is -0.393 e. The number of aliphatic hydroxyl groups is 1. The topological polar surface area (TPSA) is 124 Å². The molecule has 0 spiro atoms. The maximum atomic E-state index is 11.8. The van der Waals surface area contributed by atoms with Crippen molar-refractivity contribution in [3.8, 4) is 11.1 Å². The van der Waals surface area contributed by atoms with Crippen LogP contribution in [0.5, 0.6) is 0 Å². The molecule has 1 atom stereocenters. The number of rotatable bonds is 7. The number of anilines is 1. The zero-order valence-corrected chi connectivity index (χ0v) is 21.1. The molecule has 1 saturated heterocycles. The van der Waals surface area contributed by atoms with Crippen molar-refractivity contribution >= 4 is 21.3 Å². The summed E-state index contributed by atoms with van der Waals surface area (Å²) in [5.41, 5.74) is 4.00. The van der Waals surface area contributed by atoms with E-state index in [4.69, 9.17) is 9.84 Å². The van der Waals surface area contributed by atoms with Gasteiger partial charge in [-0.15, -0.1) is 5.10 Å². The number of aromatic nitrogens is 5. The average molecular weight is 503 g/mol. The Bertz CT molecular complexity index is 1260. The number of nitrogens with one attached hydrogen (secondary N) is 1. The van der Waals surface area contributed by atoms with Gasteiger partial charge in [0, 0.05) is 42.1 Å². The molecule has 0 amide bonds. The third-order valence-corrected chi connectivity index (χ3v) is 8.98. The number of aliphatic hydroxyl groups excluding tert-OH is 1. The number of sulfone groups is 1. The molecule has 2 N–H and O–H groups in total. The maximum Gasteiger partial charge on any atom is 0.241 e. The fourth-order valence-electron chi connectivity index (χ4n) is 5.31. The van der Waals surface area contributed by atoms with Crippen molar-refractivity contribution < 1.29 is 18.3 Å². The van der Waals surface area contributed by atoms with Gasteiger partial charge in [-0.3, -0.25) is 4.68 Å². The van der Waals surface area contributed by atoms with Crippen molar-refractivity contribution in [1.29, 1.82) is 0 Å². The zero-order valence-electron chi connectivity index (χ0n) is 20.3. The molecule has 1 saturated carbocycles. The van der Waals surface area contributed by atoms with Crippen molar-refractivity contribution in [2.75, 3.05) is 30.5 Å². The molecule has 2 aliphatic rings. The maximum absolute atomic E-state index is 11.8. The van der Waals surface area contributed by atoms with Gasteiger partial charge in [0.2, 0.25) is 5.95 Å². The molecule has 190 valence electrons. The summed E-state index contributed by atoms with van der Waals surface area (Å²) >= 11 is 0. The fourth-order valence-corrected chi connectivity index (χ4v) is 6.77. The van der Waals surface area contributed by atoms with Gasteiger partial charge in [-0.2, -0.15) is 5.10 Å². The molecule has 11 heteroatoms. The van der Waals surface area contributed by atoms with Crippen LogP contribution in [0.1, 0.15) is 63.1 Å². The molecule has 35 heavy (non-hydrogen) atoms. The van der Waals surface area contributed by atoms with Crippen molar-refractivity contribution in [3.63, 3.8) is 0 Å². The summed E-state index contributed by atoms with van der Waals surface area (Å²) in [6.45, 7) is 2.57. The van der Waals surface area contributed by atoms with Gasteiger partial charge >= 0.3 is 0 Å². The summed E-state index contributed by atoms with van der Waals surface area (Å²) in [5, 5.41) is 22.7. The first-order chi connectivity index (χ1) is 16.8. The fraction of sp³-hybridized carbons (Fsp3) is 0.625. The molecular weight excluding hydrogens is 468 g/mol. The van der Waals surface area contributed by atoms with Gasteiger partial charge in [0.15, 0.2) is 0 Å². The normalized spacial score (nSPS) is 24.0. The Kier molecular flexibility index (Phi) is 6.82. The highest BCUT2D eigenvalue weighted by molar-refractivity contribution is 7.91. The number of ether oxygens (including phenoxy) is 1. The van der Waals surface area contributed by atoms with Gasteiger partial charge in [0.1, 0.15) is 9.84 Å². The molecule has 0 bridgehead atoms. The highest BCUT2D eigenvalue weighted by Crippen LogP contribution is 2.38. The second-order valence-corrected chi connectivity index (χ2v) is 12.3. The summed E-state index contributed by atoms with van der Waals surface area (Å²) in [6, 6.07) is 2.34. The Labute approximate surface area is 205 Å². The van der Waals surface area contributed by atoms with Gasteiger partial charge in [0.25, 0.3) is 0 Å². The first-order valence-corrected chi connectivity index (χ1v) is 14.2. The molecule has 1 aliphatic carbocycles. The van der Waals surface area contributed by atoms with E-state index in [2.05, 4.69) is 21.5 Å². The Balaban J connectivity index is 1.49. The Morgan fingerprint density at radius 2 is 1.91 bits per heavy atom. The lowest BCUT2D eigenvalue weighted by Crippen LogP contribution is -2.25. The minimum atomic E-state index is -2.92. The number of hydrogen-bond donors (Lipinski definition) is 2. The van der Waals surface area contributed by atoms with Crippen LogP contribution in [0, 0.1) is 0 Å². The molecule has 4 heterocycles. The van der Waals surface area contributed by atoms with Crippen molar-refractivity contribution in [2.24, 2.45) is 0 Å². The second-order valence-electron chi connectivity index (χ2n) is 9.96. The summed E-state index contributed by atoms with van der Waals surface area (Å²) in [7, 11) is -1.25. The van der Waals surface area contributed by atoms with E-state index < -0.39 is 9.84 Å². The van der Waals surface area contributed by atoms with Gasteiger partial charge in [0.05, 0.1) is 48.2 Å². The van der Waals surface area contributed by atoms with Crippen molar-refractivity contribution in [2.45, 2.75) is 69.6 Å². The lowest BCUT2D eigenvalue weighted by molar-refractivity contribution is 0.121. The van der Waals surface area contributed by atoms with Gasteiger partial charge in [-0.05, 0) is 51.5 Å². The average Bonchev–Trinajstić information content (AvgIpc) is 3.45. The van der Waals surface area contributed by atoms with E-state index in [-0.39, 0.29) is 29.7 Å². The lowest BCUT2D eigenvalue weighted by atomic mass is 9.85. The molecular formula is C24H34N6O4S. The van der Waals surface area contributed by atoms with E-state index >= 15 is 0 Å². The Hall–Kier alpha value is -2.50. The summed E-state index contributed by atoms with van der Waals surface area (Å²) in [6.07, 6.45) is 10.1. The van der Waals surface area contributed by atoms with Crippen LogP contribution in [0.15, 0.2) is 24.7 Å². The van der Waals surface area contributed by atoms with Crippen LogP contribution in [0.4, 0.5) is 5.95 Å². The largest absolute Gasteiger partial charge is 0.393 e. The highest BCUT2D eigenvalue weighted by Gasteiger charge is 2.28. The van der Waals surface area contributed by atoms with E-state index in [0.717, 1.165) is 48.0 Å². The van der Waals surface area contributed by atoms with Crippen LogP contribution < -0.4 is 5.32 Å². The molecule has 3 aromatic rings. The van der Waals surface area contributed by atoms with E-state index in [0.29, 0.717) is 31.3 Å². The van der Waals surface area contributed by atoms with Gasteiger partial charge in [-0.25, -0.2) is 17.9 Å². The molecule has 2 fully saturated rings. The minimum absolute atomic E-state index is 0.0679. The monoisotopic (exact) mass is 502 g/mol. The smallest absolute Gasteiger partial charge is 0.241 e. The van der Waals surface area contributed by atoms with E-state index in [1.807, 2.05) is 34.7 Å². The molecule has 0 unspecified atom stereocenters. The number of fused-ring (bicyclic) bond motifs is 1. The first-order valence-electron chi connectivity index (χ1n) is 12.4. The van der Waals surface area contributed by atoms with E-state index in [9.17, 15) is 13.5 Å². The van der Waals surface area contributed by atoms with Crippen molar-refractivity contribution in [1.82, 2.24) is 24.4 Å². The molecule has 1 aliphatic heterocycles. The highest BCUT2D eigenvalue weighted by atomic mass is 32.2.